The summed E-state index contributed by atoms with van der Waals surface area (Å²) in [6, 6.07) is 5.41. The quantitative estimate of drug-likeness (QED) is 0.695. The molecule has 0 amide bonds. The maximum absolute atomic E-state index is 7.50. The van der Waals surface area contributed by atoms with Gasteiger partial charge < -0.3 is 9.47 Å². The fraction of sp³-hybridized carbons (Fsp3) is 0.400. The van der Waals surface area contributed by atoms with Crippen molar-refractivity contribution in [2.45, 2.75) is 11.8 Å². The number of hydrogen-bond donors (Lipinski definition) is 0. The maximum Gasteiger partial charge on any atom is 0.174 e. The zero-order valence-electron chi connectivity index (χ0n) is 9.96. The van der Waals surface area contributed by atoms with Crippen LogP contribution in [0.15, 0.2) is 23.1 Å². The van der Waals surface area contributed by atoms with Gasteiger partial charge in [-0.3, -0.25) is 0 Å². The molecule has 1 unspecified atom stereocenters. The van der Waals surface area contributed by atoms with Crippen molar-refractivity contribution in [3.63, 3.8) is 0 Å². The van der Waals surface area contributed by atoms with Gasteiger partial charge in [-0.1, -0.05) is 13.0 Å². The van der Waals surface area contributed by atoms with Crippen LogP contribution in [-0.4, -0.2) is 19.9 Å². The Balaban J connectivity index is 3.06. The lowest BCUT2D eigenvalue weighted by atomic mass is 10.3. The van der Waals surface area contributed by atoms with E-state index >= 15 is 0 Å². The third-order valence-electron chi connectivity index (χ3n) is 1.58. The molecular formula is C10H14O2S. The molecule has 2 nitrogen and oxygen atoms in total. The molecule has 3 heteroatoms. The fourth-order valence-electron chi connectivity index (χ4n) is 1.05. The first kappa shape index (κ1) is 7.56. The number of para-hydroxylation sites is 1. The standard InChI is InChI=1S/C10H14O2S/c1-4-13-9-7-5-6-8(11-2)10(9)12-3/h5-7H,4H2,1-3H3/i4DH. The van der Waals surface area contributed by atoms with Gasteiger partial charge in [-0.2, -0.15) is 0 Å². The smallest absolute Gasteiger partial charge is 0.174 e. The Kier molecular flexibility index (Phi) is 2.92. The van der Waals surface area contributed by atoms with E-state index in [-0.39, 0.29) is 0 Å². The van der Waals surface area contributed by atoms with Gasteiger partial charge in [-0.05, 0) is 17.8 Å². The molecule has 0 aliphatic carbocycles. The van der Waals surface area contributed by atoms with Crippen molar-refractivity contribution < 1.29 is 12.2 Å². The molecule has 0 aliphatic heterocycles. The predicted octanol–water partition coefficient (Wildman–Crippen LogP) is 2.82. The van der Waals surface area contributed by atoms with E-state index in [1.807, 2.05) is 12.1 Å². The number of hydrogen-bond acceptors (Lipinski definition) is 3. The predicted molar refractivity (Wildman–Crippen MR) is 55.9 cm³/mol. The highest BCUT2D eigenvalue weighted by molar-refractivity contribution is 7.99. The average molecular weight is 199 g/mol. The lowest BCUT2D eigenvalue weighted by Crippen LogP contribution is -1.92. The van der Waals surface area contributed by atoms with Crippen molar-refractivity contribution in [3.8, 4) is 11.5 Å². The van der Waals surface area contributed by atoms with Crippen LogP contribution in [-0.2, 0) is 0 Å². The number of thioether (sulfide) groups is 1. The molecule has 0 saturated heterocycles. The third-order valence-corrected chi connectivity index (χ3v) is 2.32. The first-order valence-corrected chi connectivity index (χ1v) is 4.69. The van der Waals surface area contributed by atoms with Gasteiger partial charge in [0.2, 0.25) is 0 Å². The second kappa shape index (κ2) is 5.02. The Morgan fingerprint density at radius 3 is 2.85 bits per heavy atom. The minimum Gasteiger partial charge on any atom is -0.493 e. The van der Waals surface area contributed by atoms with Crippen LogP contribution in [0.2, 0.25) is 0 Å². The van der Waals surface area contributed by atoms with E-state index < -0.39 is 5.70 Å². The van der Waals surface area contributed by atoms with E-state index in [9.17, 15) is 0 Å². The molecule has 1 aromatic carbocycles. The molecule has 0 radical (unpaired) electrons. The molecule has 1 atom stereocenters. The molecule has 0 N–H and O–H groups in total. The summed E-state index contributed by atoms with van der Waals surface area (Å²) in [7, 11) is 3.11. The van der Waals surface area contributed by atoms with E-state index in [2.05, 4.69) is 0 Å². The Morgan fingerprint density at radius 2 is 2.31 bits per heavy atom. The largest absolute Gasteiger partial charge is 0.493 e. The SMILES string of the molecule is [1H]C([2H])(C)Sc1cccc(OC)c1OC. The van der Waals surface area contributed by atoms with Crippen LogP contribution < -0.4 is 9.47 Å². The van der Waals surface area contributed by atoms with Crippen LogP contribution in [0.4, 0.5) is 0 Å². The van der Waals surface area contributed by atoms with Gasteiger partial charge in [0, 0.05) is 2.74 Å². The molecule has 1 aromatic rings. The monoisotopic (exact) mass is 199 g/mol. The molecule has 0 aliphatic rings. The topological polar surface area (TPSA) is 18.5 Å². The first-order chi connectivity index (χ1) is 6.98. The molecule has 72 valence electrons. The van der Waals surface area contributed by atoms with Crippen LogP contribution in [0.3, 0.4) is 0 Å². The van der Waals surface area contributed by atoms with Crippen molar-refractivity contribution >= 4 is 11.8 Å². The molecule has 0 aromatic heterocycles. The summed E-state index contributed by atoms with van der Waals surface area (Å²) in [4.78, 5) is 0.740. The van der Waals surface area contributed by atoms with E-state index in [0.717, 1.165) is 16.7 Å². The van der Waals surface area contributed by atoms with Gasteiger partial charge in [0.25, 0.3) is 0 Å². The molecule has 0 spiro atoms. The van der Waals surface area contributed by atoms with Gasteiger partial charge in [0.1, 0.15) is 0 Å². The molecule has 1 rings (SSSR count). The highest BCUT2D eigenvalue weighted by Crippen LogP contribution is 2.36. The Bertz CT molecular complexity index is 337. The number of benzene rings is 1. The zero-order chi connectivity index (χ0) is 11.5. The number of rotatable bonds is 4. The summed E-state index contributed by atoms with van der Waals surface area (Å²) in [5, 5.41) is 0. The van der Waals surface area contributed by atoms with Gasteiger partial charge in [0.15, 0.2) is 11.5 Å². The first-order valence-electron chi connectivity index (χ1n) is 4.88. The Morgan fingerprint density at radius 1 is 1.54 bits per heavy atom. The van der Waals surface area contributed by atoms with E-state index in [1.54, 1.807) is 20.3 Å². The lowest BCUT2D eigenvalue weighted by Gasteiger charge is -2.10. The molecule has 0 fully saturated rings. The molecular weight excluding hydrogens is 184 g/mol. The second-order valence-corrected chi connectivity index (χ2v) is 3.35. The number of methoxy groups -OCH3 is 2. The van der Waals surface area contributed by atoms with Gasteiger partial charge in [-0.15, -0.1) is 11.8 Å². The van der Waals surface area contributed by atoms with Gasteiger partial charge in [-0.25, -0.2) is 0 Å². The van der Waals surface area contributed by atoms with E-state index in [1.165, 1.54) is 6.92 Å². The average Bonchev–Trinajstić information content (AvgIpc) is 2.15. The zero-order valence-corrected chi connectivity index (χ0v) is 8.77. The second-order valence-electron chi connectivity index (χ2n) is 2.30. The van der Waals surface area contributed by atoms with Crippen molar-refractivity contribution in [2.24, 2.45) is 0 Å². The number of ether oxygens (including phenoxy) is 2. The van der Waals surface area contributed by atoms with Gasteiger partial charge in [0.05, 0.1) is 19.1 Å². The lowest BCUT2D eigenvalue weighted by molar-refractivity contribution is 0.348. The van der Waals surface area contributed by atoms with Gasteiger partial charge >= 0.3 is 0 Å². The molecule has 0 heterocycles. The Labute approximate surface area is 86.1 Å². The van der Waals surface area contributed by atoms with Crippen LogP contribution in [0.5, 0.6) is 11.5 Å². The summed E-state index contributed by atoms with van der Waals surface area (Å²) in [5.41, 5.74) is -1.33. The van der Waals surface area contributed by atoms with Crippen molar-refractivity contribution in [3.05, 3.63) is 18.2 Å². The minimum atomic E-state index is -1.33. The highest BCUT2D eigenvalue weighted by Gasteiger charge is 2.08. The highest BCUT2D eigenvalue weighted by atomic mass is 32.2. The minimum absolute atomic E-state index is 0.579. The summed E-state index contributed by atoms with van der Waals surface area (Å²) in [6.07, 6.45) is 0. The van der Waals surface area contributed by atoms with Crippen LogP contribution in [0.1, 0.15) is 9.67 Å². The van der Waals surface area contributed by atoms with Crippen molar-refractivity contribution in [1.29, 1.82) is 0 Å². The van der Waals surface area contributed by atoms with Crippen molar-refractivity contribution in [1.82, 2.24) is 0 Å². The van der Waals surface area contributed by atoms with Crippen LogP contribution in [0, 0.1) is 0 Å². The summed E-state index contributed by atoms with van der Waals surface area (Å²) in [5.74, 6) is 1.20. The van der Waals surface area contributed by atoms with Crippen LogP contribution in [0.25, 0.3) is 0 Å². The fourth-order valence-corrected chi connectivity index (χ4v) is 1.69. The molecule has 0 saturated carbocycles. The summed E-state index contributed by atoms with van der Waals surface area (Å²) < 4.78 is 25.3. The van der Waals surface area contributed by atoms with E-state index in [0.29, 0.717) is 11.5 Å². The normalized spacial score (nSPS) is 16.8. The third kappa shape index (κ3) is 2.31. The summed E-state index contributed by atoms with van der Waals surface area (Å²) in [6.45, 7) is 1.51. The van der Waals surface area contributed by atoms with Crippen LogP contribution >= 0.6 is 11.8 Å². The summed E-state index contributed by atoms with van der Waals surface area (Å²) >= 11 is 1.11. The molecule has 0 bridgehead atoms. The van der Waals surface area contributed by atoms with Crippen molar-refractivity contribution in [2.75, 3.05) is 19.9 Å². The van der Waals surface area contributed by atoms with E-state index in [4.69, 9.17) is 12.2 Å². The Hall–Kier alpha value is -0.830. The molecule has 13 heavy (non-hydrogen) atoms. The maximum atomic E-state index is 7.50.